The molecule has 0 aromatic heterocycles. The molecule has 1 aliphatic heterocycles. The van der Waals surface area contributed by atoms with E-state index in [0.717, 1.165) is 24.5 Å². The molecule has 4 nitrogen and oxygen atoms in total. The molecule has 0 bridgehead atoms. The first-order chi connectivity index (χ1) is 8.61. The van der Waals surface area contributed by atoms with E-state index in [-0.39, 0.29) is 136 Å². The van der Waals surface area contributed by atoms with Gasteiger partial charge in [0.1, 0.15) is 0 Å². The van der Waals surface area contributed by atoms with Gasteiger partial charge in [0.2, 0.25) is 0 Å². The van der Waals surface area contributed by atoms with Crippen molar-refractivity contribution < 1.29 is 141 Å². The van der Waals surface area contributed by atoms with E-state index in [2.05, 4.69) is 42.1 Å². The predicted molar refractivity (Wildman–Crippen MR) is 73.5 cm³/mol. The monoisotopic (exact) mass is 645 g/mol. The van der Waals surface area contributed by atoms with Gasteiger partial charge in [0.05, 0.1) is 6.41 Å². The average Bonchev–Trinajstić information content (AvgIpc) is 2.36. The number of carbonyl (C=O) groups excluding carboxylic acids is 1. The van der Waals surface area contributed by atoms with Crippen LogP contribution in [0.5, 0.6) is 0 Å². The number of piperazine rings is 1. The molecule has 1 N–H and O–H groups in total. The maximum atomic E-state index is 10.3. The third kappa shape index (κ3) is 7.71. The van der Waals surface area contributed by atoms with Crippen LogP contribution >= 0.6 is 0 Å². The number of benzene rings is 1. The van der Waals surface area contributed by atoms with Gasteiger partial charge in [-0.2, -0.15) is 12.1 Å². The Hall–Kier alpha value is 2.83. The minimum absolute atomic E-state index is 0. The molecule has 1 aromatic carbocycles. The van der Waals surface area contributed by atoms with Gasteiger partial charge < -0.3 is 15.0 Å². The molecule has 0 aliphatic carbocycles. The summed E-state index contributed by atoms with van der Waals surface area (Å²) in [6.45, 7) is 6.41. The zero-order chi connectivity index (χ0) is 13.1. The molecule has 1 amide bonds. The molecular weight excluding hydrogens is 627 g/mol. The topological polar surface area (TPSA) is 35.6 Å². The predicted octanol–water partition coefficient (Wildman–Crippen LogP) is -1.50. The molecule has 1 fully saturated rings. The summed E-state index contributed by atoms with van der Waals surface area (Å²) < 4.78 is 0. The van der Waals surface area contributed by atoms with Crippen LogP contribution in [0.1, 0.15) is 13.8 Å². The van der Waals surface area contributed by atoms with Crippen molar-refractivity contribution in [3.8, 4) is 0 Å². The van der Waals surface area contributed by atoms with Crippen molar-refractivity contribution in [2.24, 2.45) is 0 Å². The Kier molecular flexibility index (Phi) is 16.2. The molecular formula is C14H19N3ORaRbY-. The largest absolute Gasteiger partial charge is 1.00 e. The van der Waals surface area contributed by atoms with E-state index in [9.17, 15) is 4.79 Å². The van der Waals surface area contributed by atoms with Crippen LogP contribution in [0.25, 0.3) is 0 Å². The summed E-state index contributed by atoms with van der Waals surface area (Å²) in [4.78, 5) is 15.0. The first-order valence-electron chi connectivity index (χ1n) is 6.23. The first kappa shape index (κ1) is 26.1. The second kappa shape index (κ2) is 13.1. The number of amides is 1. The molecule has 103 valence electrons. The molecule has 2 rings (SSSR count). The van der Waals surface area contributed by atoms with Crippen LogP contribution in [0.4, 0.5) is 11.4 Å². The van der Waals surface area contributed by atoms with Crippen LogP contribution < -0.4 is 68.4 Å². The fourth-order valence-electron chi connectivity index (χ4n) is 2.37. The maximum absolute atomic E-state index is 10.3. The summed E-state index contributed by atoms with van der Waals surface area (Å²) in [5, 5.41) is 2.56. The summed E-state index contributed by atoms with van der Waals surface area (Å²) in [5.74, 6) is 0. The Morgan fingerprint density at radius 2 is 1.90 bits per heavy atom. The second-order valence-corrected chi connectivity index (χ2v) is 4.96. The number of nitrogens with one attached hydrogen (secondary N) is 1. The van der Waals surface area contributed by atoms with Crippen molar-refractivity contribution in [3.63, 3.8) is 0 Å². The van der Waals surface area contributed by atoms with Crippen LogP contribution in [0.15, 0.2) is 18.2 Å². The van der Waals surface area contributed by atoms with Gasteiger partial charge in [-0.05, 0) is 20.9 Å². The number of rotatable bonds is 3. The van der Waals surface area contributed by atoms with Crippen molar-refractivity contribution >= 4 is 17.8 Å². The molecule has 1 heterocycles. The SMILES string of the molecule is C[C@@H]1CN(c2[c-]ccc(N[C-]=O)c2)C[C@H](C)N1C.[Ra].[Rb+].[Y]. The maximum Gasteiger partial charge on any atom is 1.00 e. The average molecular weight is 646 g/mol. The zero-order valence-electron chi connectivity index (χ0n) is 13.4. The minimum Gasteiger partial charge on any atom is -0.511 e. The number of nitrogens with zero attached hydrogens (tertiary/aromatic N) is 2. The quantitative estimate of drug-likeness (QED) is 0.322. The Labute approximate surface area is 238 Å². The molecule has 1 aliphatic rings. The Morgan fingerprint density at radius 3 is 2.43 bits per heavy atom. The Morgan fingerprint density at radius 1 is 1.33 bits per heavy atom. The third-order valence-electron chi connectivity index (χ3n) is 3.68. The van der Waals surface area contributed by atoms with E-state index in [1.807, 2.05) is 18.2 Å². The fraction of sp³-hybridized carbons (Fsp3) is 0.500. The van der Waals surface area contributed by atoms with Crippen LogP contribution in [-0.4, -0.2) is 43.5 Å². The van der Waals surface area contributed by atoms with E-state index in [1.165, 1.54) is 0 Å². The summed E-state index contributed by atoms with van der Waals surface area (Å²) in [6, 6.07) is 9.84. The molecule has 0 unspecified atom stereocenters. The molecule has 3 radical (unpaired) electrons. The van der Waals surface area contributed by atoms with Crippen LogP contribution in [0.2, 0.25) is 0 Å². The summed E-state index contributed by atoms with van der Waals surface area (Å²) in [7, 11) is 2.16. The van der Waals surface area contributed by atoms with E-state index >= 15 is 0 Å². The van der Waals surface area contributed by atoms with Crippen LogP contribution in [0.3, 0.4) is 0 Å². The third-order valence-corrected chi connectivity index (χ3v) is 3.68. The number of anilines is 2. The summed E-state index contributed by atoms with van der Waals surface area (Å²) in [6.07, 6.45) is 1.70. The Balaban J connectivity index is 0. The molecule has 1 saturated heterocycles. The van der Waals surface area contributed by atoms with E-state index in [1.54, 1.807) is 6.41 Å². The fourth-order valence-corrected chi connectivity index (χ4v) is 2.37. The van der Waals surface area contributed by atoms with Crippen molar-refractivity contribution in [3.05, 3.63) is 24.3 Å². The van der Waals surface area contributed by atoms with Crippen LogP contribution in [0, 0.1) is 51.1 Å². The standard InChI is InChI=1S/C14H19N3O.Ra.Rb.Y/c1-11-8-17(9-12(2)16(11)3)14-6-4-5-13(7-14)15-10-18;;;/h4-5,7,11-12H,8-9H2,1-3H3,(H,15,18);;;/q-2;;+1;/t11-,12+;;;. The molecule has 7 heteroatoms. The summed E-state index contributed by atoms with van der Waals surface area (Å²) >= 11 is 0. The van der Waals surface area contributed by atoms with Gasteiger partial charge in [0.25, 0.3) is 0 Å². The molecule has 1 aromatic rings. The molecule has 2 atom stereocenters. The van der Waals surface area contributed by atoms with Crippen LogP contribution in [-0.2, 0) is 37.5 Å². The Bertz CT molecular complexity index is 426. The smallest absolute Gasteiger partial charge is 0.511 e. The normalized spacial score (nSPS) is 21.4. The number of hydrogen-bond donors (Lipinski definition) is 1. The molecule has 0 saturated carbocycles. The van der Waals surface area contributed by atoms with Gasteiger partial charge in [-0.1, -0.05) is 5.69 Å². The van der Waals surface area contributed by atoms with Gasteiger partial charge in [-0.15, -0.1) is 0 Å². The minimum atomic E-state index is 0. The van der Waals surface area contributed by atoms with Gasteiger partial charge >= 0.3 is 58.2 Å². The van der Waals surface area contributed by atoms with Gasteiger partial charge in [-0.25, -0.2) is 17.8 Å². The van der Waals surface area contributed by atoms with Crippen molar-refractivity contribution in [2.75, 3.05) is 30.4 Å². The van der Waals surface area contributed by atoms with E-state index in [4.69, 9.17) is 0 Å². The zero-order valence-corrected chi connectivity index (χ0v) is 27.0. The summed E-state index contributed by atoms with van der Waals surface area (Å²) in [5.41, 5.74) is 1.79. The molecule has 21 heavy (non-hydrogen) atoms. The number of hydrogen-bond acceptors (Lipinski definition) is 3. The van der Waals surface area contributed by atoms with Crippen molar-refractivity contribution in [1.82, 2.24) is 4.90 Å². The van der Waals surface area contributed by atoms with E-state index in [0.29, 0.717) is 12.1 Å². The van der Waals surface area contributed by atoms with Gasteiger partial charge in [0.15, 0.2) is 0 Å². The van der Waals surface area contributed by atoms with Crippen molar-refractivity contribution in [1.29, 1.82) is 0 Å². The first-order valence-corrected chi connectivity index (χ1v) is 6.23. The number of likely N-dealkylation sites (N-methyl/N-ethyl adjacent to an activating group) is 1. The second-order valence-electron chi connectivity index (χ2n) is 4.96. The van der Waals surface area contributed by atoms with Crippen molar-refractivity contribution in [2.45, 2.75) is 25.9 Å². The van der Waals surface area contributed by atoms with E-state index < -0.39 is 0 Å². The molecule has 0 spiro atoms. The van der Waals surface area contributed by atoms with Gasteiger partial charge in [-0.3, -0.25) is 4.90 Å². The van der Waals surface area contributed by atoms with Gasteiger partial charge in [0, 0.05) is 103 Å².